The van der Waals surface area contributed by atoms with Crippen LogP contribution in [0.1, 0.15) is 30.9 Å². The van der Waals surface area contributed by atoms with Gasteiger partial charge in [0.15, 0.2) is 0 Å². The molecule has 2 heterocycles. The maximum absolute atomic E-state index is 3.50. The van der Waals surface area contributed by atoms with Gasteiger partial charge < -0.3 is 5.32 Å². The SMILES string of the molecule is c1ccc(C2CC(C3CCNCC3)NN2)cc1. The van der Waals surface area contributed by atoms with Crippen molar-refractivity contribution < 1.29 is 0 Å². The molecule has 17 heavy (non-hydrogen) atoms. The summed E-state index contributed by atoms with van der Waals surface area (Å²) in [6.45, 7) is 2.36. The predicted molar refractivity (Wildman–Crippen MR) is 69.5 cm³/mol. The van der Waals surface area contributed by atoms with E-state index in [0.29, 0.717) is 12.1 Å². The minimum Gasteiger partial charge on any atom is -0.317 e. The number of hydrogen-bond acceptors (Lipinski definition) is 3. The fourth-order valence-electron chi connectivity index (χ4n) is 3.04. The normalized spacial score (nSPS) is 30.6. The fourth-order valence-corrected chi connectivity index (χ4v) is 3.04. The van der Waals surface area contributed by atoms with Gasteiger partial charge in [0.25, 0.3) is 0 Å². The summed E-state index contributed by atoms with van der Waals surface area (Å²) in [7, 11) is 0. The lowest BCUT2D eigenvalue weighted by atomic mass is 9.87. The molecule has 3 nitrogen and oxygen atoms in total. The third-order valence-corrected chi connectivity index (χ3v) is 4.09. The van der Waals surface area contributed by atoms with E-state index in [-0.39, 0.29) is 0 Å². The predicted octanol–water partition coefficient (Wildman–Crippen LogP) is 1.59. The van der Waals surface area contributed by atoms with Crippen molar-refractivity contribution in [1.29, 1.82) is 0 Å². The van der Waals surface area contributed by atoms with Crippen LogP contribution in [0.15, 0.2) is 30.3 Å². The van der Waals surface area contributed by atoms with Crippen LogP contribution in [0.4, 0.5) is 0 Å². The first kappa shape index (κ1) is 11.2. The van der Waals surface area contributed by atoms with E-state index >= 15 is 0 Å². The van der Waals surface area contributed by atoms with Gasteiger partial charge in [0.2, 0.25) is 0 Å². The topological polar surface area (TPSA) is 36.1 Å². The van der Waals surface area contributed by atoms with Crippen molar-refractivity contribution >= 4 is 0 Å². The summed E-state index contributed by atoms with van der Waals surface area (Å²) in [5.41, 5.74) is 8.35. The molecule has 0 saturated carbocycles. The Bertz CT molecular complexity index is 346. The third-order valence-electron chi connectivity index (χ3n) is 4.09. The first-order chi connectivity index (χ1) is 8.43. The molecule has 2 aliphatic heterocycles. The molecule has 2 saturated heterocycles. The van der Waals surface area contributed by atoms with Crippen LogP contribution in [0, 0.1) is 5.92 Å². The molecule has 0 amide bonds. The molecule has 2 aliphatic rings. The number of piperidine rings is 1. The molecule has 0 spiro atoms. The molecule has 0 aromatic heterocycles. The smallest absolute Gasteiger partial charge is 0.0477 e. The number of rotatable bonds is 2. The summed E-state index contributed by atoms with van der Waals surface area (Å²) in [5.74, 6) is 0.831. The van der Waals surface area contributed by atoms with Gasteiger partial charge in [0, 0.05) is 12.1 Å². The van der Waals surface area contributed by atoms with Gasteiger partial charge in [0.1, 0.15) is 0 Å². The monoisotopic (exact) mass is 231 g/mol. The van der Waals surface area contributed by atoms with Crippen LogP contribution >= 0.6 is 0 Å². The zero-order valence-electron chi connectivity index (χ0n) is 10.2. The Labute approximate surface area is 103 Å². The summed E-state index contributed by atoms with van der Waals surface area (Å²) >= 11 is 0. The fraction of sp³-hybridized carbons (Fsp3) is 0.571. The molecule has 0 radical (unpaired) electrons. The van der Waals surface area contributed by atoms with Crippen molar-refractivity contribution in [2.45, 2.75) is 31.3 Å². The molecule has 0 aliphatic carbocycles. The quantitative estimate of drug-likeness (QED) is 0.723. The summed E-state index contributed by atoms with van der Waals surface area (Å²) in [5, 5.41) is 3.43. The third kappa shape index (κ3) is 2.51. The van der Waals surface area contributed by atoms with Gasteiger partial charge in [0.05, 0.1) is 0 Å². The van der Waals surface area contributed by atoms with E-state index in [1.165, 1.54) is 37.9 Å². The average Bonchev–Trinajstić information content (AvgIpc) is 2.90. The number of benzene rings is 1. The Morgan fingerprint density at radius 3 is 2.47 bits per heavy atom. The second-order valence-corrected chi connectivity index (χ2v) is 5.18. The lowest BCUT2D eigenvalue weighted by Crippen LogP contribution is -2.41. The standard InChI is InChI=1S/C14H21N3/c1-2-4-11(5-3-1)13-10-14(17-16-13)12-6-8-15-9-7-12/h1-5,12-17H,6-10H2. The van der Waals surface area contributed by atoms with Crippen molar-refractivity contribution in [3.63, 3.8) is 0 Å². The minimum atomic E-state index is 0.482. The number of hydrazine groups is 1. The molecule has 2 fully saturated rings. The second kappa shape index (κ2) is 5.17. The zero-order chi connectivity index (χ0) is 11.5. The van der Waals surface area contributed by atoms with Crippen LogP contribution in [-0.2, 0) is 0 Å². The van der Waals surface area contributed by atoms with Crippen molar-refractivity contribution in [3.8, 4) is 0 Å². The summed E-state index contributed by atoms with van der Waals surface area (Å²) < 4.78 is 0. The number of hydrogen-bond donors (Lipinski definition) is 3. The Morgan fingerprint density at radius 2 is 1.71 bits per heavy atom. The van der Waals surface area contributed by atoms with Crippen LogP contribution in [0.5, 0.6) is 0 Å². The van der Waals surface area contributed by atoms with Crippen molar-refractivity contribution in [2.24, 2.45) is 5.92 Å². The summed E-state index contributed by atoms with van der Waals surface area (Å²) in [4.78, 5) is 0. The molecular formula is C14H21N3. The van der Waals surface area contributed by atoms with Crippen LogP contribution in [0.3, 0.4) is 0 Å². The highest BCUT2D eigenvalue weighted by molar-refractivity contribution is 5.20. The molecular weight excluding hydrogens is 210 g/mol. The Morgan fingerprint density at radius 1 is 0.941 bits per heavy atom. The van der Waals surface area contributed by atoms with Gasteiger partial charge in [-0.25, -0.2) is 0 Å². The van der Waals surface area contributed by atoms with E-state index in [1.54, 1.807) is 0 Å². The highest BCUT2D eigenvalue weighted by Gasteiger charge is 2.31. The maximum Gasteiger partial charge on any atom is 0.0477 e. The molecule has 3 heteroatoms. The molecule has 1 aromatic carbocycles. The van der Waals surface area contributed by atoms with E-state index in [9.17, 15) is 0 Å². The molecule has 0 bridgehead atoms. The maximum atomic E-state index is 3.50. The minimum absolute atomic E-state index is 0.482. The van der Waals surface area contributed by atoms with Crippen molar-refractivity contribution in [3.05, 3.63) is 35.9 Å². The molecule has 3 N–H and O–H groups in total. The van der Waals surface area contributed by atoms with Crippen molar-refractivity contribution in [1.82, 2.24) is 16.2 Å². The first-order valence-electron chi connectivity index (χ1n) is 6.70. The zero-order valence-corrected chi connectivity index (χ0v) is 10.2. The van der Waals surface area contributed by atoms with Gasteiger partial charge in [-0.1, -0.05) is 30.3 Å². The van der Waals surface area contributed by atoms with Crippen LogP contribution in [0.2, 0.25) is 0 Å². The van der Waals surface area contributed by atoms with Crippen LogP contribution < -0.4 is 16.2 Å². The Balaban J connectivity index is 1.61. The van der Waals surface area contributed by atoms with E-state index in [1.807, 2.05) is 0 Å². The van der Waals surface area contributed by atoms with Gasteiger partial charge in [-0.2, -0.15) is 0 Å². The lowest BCUT2D eigenvalue weighted by Gasteiger charge is -2.27. The Kier molecular flexibility index (Phi) is 3.41. The molecule has 3 rings (SSSR count). The van der Waals surface area contributed by atoms with E-state index in [2.05, 4.69) is 46.5 Å². The first-order valence-corrected chi connectivity index (χ1v) is 6.70. The average molecular weight is 231 g/mol. The summed E-state index contributed by atoms with van der Waals surface area (Å²) in [6.07, 6.45) is 3.83. The van der Waals surface area contributed by atoms with E-state index in [4.69, 9.17) is 0 Å². The van der Waals surface area contributed by atoms with Gasteiger partial charge in [-0.15, -0.1) is 0 Å². The Hall–Kier alpha value is -0.900. The largest absolute Gasteiger partial charge is 0.317 e. The highest BCUT2D eigenvalue weighted by atomic mass is 15.4. The highest BCUT2D eigenvalue weighted by Crippen LogP contribution is 2.28. The molecule has 1 aromatic rings. The van der Waals surface area contributed by atoms with Crippen molar-refractivity contribution in [2.75, 3.05) is 13.1 Å². The van der Waals surface area contributed by atoms with E-state index < -0.39 is 0 Å². The van der Waals surface area contributed by atoms with Gasteiger partial charge in [-0.05, 0) is 43.8 Å². The van der Waals surface area contributed by atoms with Crippen LogP contribution in [0.25, 0.3) is 0 Å². The lowest BCUT2D eigenvalue weighted by molar-refractivity contribution is 0.293. The molecule has 2 unspecified atom stereocenters. The molecule has 2 atom stereocenters. The van der Waals surface area contributed by atoms with E-state index in [0.717, 1.165) is 5.92 Å². The summed E-state index contributed by atoms with van der Waals surface area (Å²) in [6, 6.07) is 11.9. The van der Waals surface area contributed by atoms with Crippen LogP contribution in [-0.4, -0.2) is 19.1 Å². The number of nitrogens with one attached hydrogen (secondary N) is 3. The molecule has 92 valence electrons. The van der Waals surface area contributed by atoms with Gasteiger partial charge in [-0.3, -0.25) is 10.9 Å². The van der Waals surface area contributed by atoms with Gasteiger partial charge >= 0.3 is 0 Å². The second-order valence-electron chi connectivity index (χ2n) is 5.18.